The molecular weight excluding hydrogens is 536 g/mol. The van der Waals surface area contributed by atoms with Gasteiger partial charge < -0.3 is 14.3 Å². The molecule has 0 amide bonds. The van der Waals surface area contributed by atoms with E-state index in [2.05, 4.69) is 46.3 Å². The van der Waals surface area contributed by atoms with Crippen LogP contribution in [0.15, 0.2) is 120 Å². The Hall–Kier alpha value is -4.94. The molecule has 0 aliphatic carbocycles. The fourth-order valence-corrected chi connectivity index (χ4v) is 5.66. The molecule has 0 bridgehead atoms. The van der Waals surface area contributed by atoms with Gasteiger partial charge in [-0.05, 0) is 72.9 Å². The number of carboxylic acids is 1. The lowest BCUT2D eigenvalue weighted by Crippen LogP contribution is -2.36. The summed E-state index contributed by atoms with van der Waals surface area (Å²) in [6, 6.07) is 35.4. The van der Waals surface area contributed by atoms with Gasteiger partial charge in [0.2, 0.25) is 5.89 Å². The quantitative estimate of drug-likeness (QED) is 0.181. The number of aliphatic carboxylic acids is 1. The standard InChI is InChI=1S/C37H34N2O4/c1-26-33(38-36(42-26)30-10-4-2-5-11-30)14-8-9-27-15-19-29(20-16-27)34-23-24-35(37(40)41)39(34)25-28-17-21-32(22-18-28)43-31-12-6-3-7-13-31/h2-13,15-22,34-35H,14,23-25H2,1H3,(H,40,41)/b9-8+/t34-,35-/m0/s1. The highest BCUT2D eigenvalue weighted by molar-refractivity contribution is 5.74. The summed E-state index contributed by atoms with van der Waals surface area (Å²) in [5, 5.41) is 9.97. The average molecular weight is 571 g/mol. The number of carboxylic acid groups (broad SMARTS) is 1. The number of allylic oxidation sites excluding steroid dienone is 1. The molecular formula is C37H34N2O4. The normalized spacial score (nSPS) is 17.0. The SMILES string of the molecule is Cc1oc(-c2ccccc2)nc1C/C=C/c1ccc([C@@H]2CC[C@@H](C(=O)O)N2Cc2ccc(Oc3ccccc3)cc2)cc1. The zero-order chi connectivity index (χ0) is 29.6. The molecule has 1 aromatic heterocycles. The van der Waals surface area contributed by atoms with E-state index in [1.807, 2.05) is 91.9 Å². The number of rotatable bonds is 10. The minimum atomic E-state index is -0.773. The van der Waals surface area contributed by atoms with Crippen LogP contribution in [0.1, 0.15) is 47.0 Å². The van der Waals surface area contributed by atoms with Gasteiger partial charge in [0, 0.05) is 24.6 Å². The molecule has 6 heteroatoms. The molecule has 0 radical (unpaired) electrons. The fraction of sp³-hybridized carbons (Fsp3) is 0.189. The van der Waals surface area contributed by atoms with Crippen LogP contribution in [-0.2, 0) is 17.8 Å². The third kappa shape index (κ3) is 6.76. The van der Waals surface area contributed by atoms with Gasteiger partial charge in [-0.25, -0.2) is 4.98 Å². The molecule has 1 N–H and O–H groups in total. The first-order valence-corrected chi connectivity index (χ1v) is 14.6. The molecule has 43 heavy (non-hydrogen) atoms. The first-order chi connectivity index (χ1) is 21.0. The number of benzene rings is 4. The molecule has 5 aromatic rings. The number of aryl methyl sites for hydroxylation is 1. The lowest BCUT2D eigenvalue weighted by atomic mass is 10.0. The van der Waals surface area contributed by atoms with Crippen molar-refractivity contribution in [2.45, 2.75) is 44.8 Å². The summed E-state index contributed by atoms with van der Waals surface area (Å²) in [7, 11) is 0. The monoisotopic (exact) mass is 570 g/mol. The third-order valence-corrected chi connectivity index (χ3v) is 7.92. The molecule has 2 heterocycles. The molecule has 0 unspecified atom stereocenters. The summed E-state index contributed by atoms with van der Waals surface area (Å²) in [5.41, 5.74) is 5.16. The Labute approximate surface area is 251 Å². The molecule has 0 saturated carbocycles. The van der Waals surface area contributed by atoms with Gasteiger partial charge in [0.05, 0.1) is 5.69 Å². The van der Waals surface area contributed by atoms with Crippen LogP contribution in [0, 0.1) is 6.92 Å². The van der Waals surface area contributed by atoms with E-state index in [9.17, 15) is 9.90 Å². The second-order valence-corrected chi connectivity index (χ2v) is 10.8. The van der Waals surface area contributed by atoms with Gasteiger partial charge in [-0.2, -0.15) is 0 Å². The number of hydrogen-bond donors (Lipinski definition) is 1. The van der Waals surface area contributed by atoms with Crippen molar-refractivity contribution in [2.75, 3.05) is 0 Å². The number of oxazole rings is 1. The molecule has 1 saturated heterocycles. The molecule has 216 valence electrons. The fourth-order valence-electron chi connectivity index (χ4n) is 5.66. The number of likely N-dealkylation sites (tertiary alicyclic amines) is 1. The van der Waals surface area contributed by atoms with Crippen molar-refractivity contribution in [3.63, 3.8) is 0 Å². The van der Waals surface area contributed by atoms with Crippen molar-refractivity contribution in [3.8, 4) is 23.0 Å². The number of carbonyl (C=O) groups is 1. The van der Waals surface area contributed by atoms with E-state index < -0.39 is 12.0 Å². The van der Waals surface area contributed by atoms with Gasteiger partial charge >= 0.3 is 5.97 Å². The summed E-state index contributed by atoms with van der Waals surface area (Å²) in [6.07, 6.45) is 6.29. The Morgan fingerprint density at radius 1 is 0.907 bits per heavy atom. The lowest BCUT2D eigenvalue weighted by Gasteiger charge is -2.28. The van der Waals surface area contributed by atoms with Crippen LogP contribution in [0.2, 0.25) is 0 Å². The van der Waals surface area contributed by atoms with Crippen molar-refractivity contribution in [1.29, 1.82) is 0 Å². The summed E-state index contributed by atoms with van der Waals surface area (Å²) in [6.45, 7) is 2.50. The summed E-state index contributed by atoms with van der Waals surface area (Å²) < 4.78 is 11.8. The molecule has 1 aliphatic rings. The van der Waals surface area contributed by atoms with Gasteiger partial charge in [0.1, 0.15) is 23.3 Å². The Balaban J connectivity index is 1.11. The smallest absolute Gasteiger partial charge is 0.320 e. The largest absolute Gasteiger partial charge is 0.480 e. The van der Waals surface area contributed by atoms with E-state index in [1.165, 1.54) is 0 Å². The van der Waals surface area contributed by atoms with Gasteiger partial charge in [0.15, 0.2) is 0 Å². The van der Waals surface area contributed by atoms with Crippen LogP contribution >= 0.6 is 0 Å². The Kier molecular flexibility index (Phi) is 8.47. The first kappa shape index (κ1) is 28.2. The highest BCUT2D eigenvalue weighted by atomic mass is 16.5. The zero-order valence-electron chi connectivity index (χ0n) is 24.1. The van der Waals surface area contributed by atoms with Gasteiger partial charge in [-0.3, -0.25) is 9.69 Å². The maximum Gasteiger partial charge on any atom is 0.320 e. The van der Waals surface area contributed by atoms with E-state index in [-0.39, 0.29) is 6.04 Å². The van der Waals surface area contributed by atoms with Crippen LogP contribution in [-0.4, -0.2) is 27.0 Å². The van der Waals surface area contributed by atoms with Crippen molar-refractivity contribution < 1.29 is 19.1 Å². The second-order valence-electron chi connectivity index (χ2n) is 10.8. The Bertz CT molecular complexity index is 1680. The maximum absolute atomic E-state index is 12.1. The molecule has 0 spiro atoms. The number of ether oxygens (including phenoxy) is 1. The third-order valence-electron chi connectivity index (χ3n) is 7.92. The number of nitrogens with zero attached hydrogens (tertiary/aromatic N) is 2. The molecule has 1 fully saturated rings. The number of para-hydroxylation sites is 1. The van der Waals surface area contributed by atoms with E-state index in [0.717, 1.165) is 51.6 Å². The van der Waals surface area contributed by atoms with Gasteiger partial charge in [-0.15, -0.1) is 0 Å². The molecule has 6 rings (SSSR count). The van der Waals surface area contributed by atoms with Crippen LogP contribution in [0.5, 0.6) is 11.5 Å². The topological polar surface area (TPSA) is 75.8 Å². The lowest BCUT2D eigenvalue weighted by molar-refractivity contribution is -0.142. The predicted molar refractivity (Wildman–Crippen MR) is 168 cm³/mol. The van der Waals surface area contributed by atoms with Crippen molar-refractivity contribution in [3.05, 3.63) is 143 Å². The molecule has 6 nitrogen and oxygen atoms in total. The second kappa shape index (κ2) is 12.9. The minimum absolute atomic E-state index is 0.0357. The van der Waals surface area contributed by atoms with Crippen LogP contribution in [0.3, 0.4) is 0 Å². The van der Waals surface area contributed by atoms with Crippen molar-refractivity contribution in [1.82, 2.24) is 9.88 Å². The maximum atomic E-state index is 12.1. The van der Waals surface area contributed by atoms with Crippen LogP contribution < -0.4 is 4.74 Å². The summed E-state index contributed by atoms with van der Waals surface area (Å²) in [5.74, 6) is 2.23. The van der Waals surface area contributed by atoms with E-state index in [1.54, 1.807) is 0 Å². The highest BCUT2D eigenvalue weighted by Gasteiger charge is 2.38. The first-order valence-electron chi connectivity index (χ1n) is 14.6. The molecule has 2 atom stereocenters. The van der Waals surface area contributed by atoms with Gasteiger partial charge in [0.25, 0.3) is 0 Å². The number of hydrogen-bond acceptors (Lipinski definition) is 5. The van der Waals surface area contributed by atoms with Gasteiger partial charge in [-0.1, -0.05) is 84.9 Å². The molecule has 4 aromatic carbocycles. The van der Waals surface area contributed by atoms with Crippen molar-refractivity contribution >= 4 is 12.0 Å². The van der Waals surface area contributed by atoms with E-state index >= 15 is 0 Å². The summed E-state index contributed by atoms with van der Waals surface area (Å²) in [4.78, 5) is 18.9. The zero-order valence-corrected chi connectivity index (χ0v) is 24.1. The van der Waals surface area contributed by atoms with Crippen LogP contribution in [0.25, 0.3) is 17.5 Å². The molecule has 1 aliphatic heterocycles. The number of aromatic nitrogens is 1. The van der Waals surface area contributed by atoms with Crippen molar-refractivity contribution in [2.24, 2.45) is 0 Å². The Morgan fingerprint density at radius 2 is 1.58 bits per heavy atom. The predicted octanol–water partition coefficient (Wildman–Crippen LogP) is 8.49. The Morgan fingerprint density at radius 3 is 2.28 bits per heavy atom. The summed E-state index contributed by atoms with van der Waals surface area (Å²) >= 11 is 0. The minimum Gasteiger partial charge on any atom is -0.480 e. The average Bonchev–Trinajstić information content (AvgIpc) is 3.63. The highest BCUT2D eigenvalue weighted by Crippen LogP contribution is 2.38. The van der Waals surface area contributed by atoms with Crippen LogP contribution in [0.4, 0.5) is 0 Å². The van der Waals surface area contributed by atoms with E-state index in [0.29, 0.717) is 25.3 Å². The van der Waals surface area contributed by atoms with E-state index in [4.69, 9.17) is 9.15 Å².